The van der Waals surface area contributed by atoms with Crippen molar-refractivity contribution in [3.63, 3.8) is 0 Å². The van der Waals surface area contributed by atoms with Gasteiger partial charge in [0.2, 0.25) is 0 Å². The van der Waals surface area contributed by atoms with E-state index < -0.39 is 0 Å². The van der Waals surface area contributed by atoms with E-state index >= 15 is 0 Å². The summed E-state index contributed by atoms with van der Waals surface area (Å²) in [6.07, 6.45) is 7.41. The van der Waals surface area contributed by atoms with Crippen LogP contribution >= 0.6 is 0 Å². The molecule has 0 aliphatic carbocycles. The lowest BCUT2D eigenvalue weighted by molar-refractivity contribution is 0.473. The van der Waals surface area contributed by atoms with Crippen LogP contribution in [0.3, 0.4) is 0 Å². The van der Waals surface area contributed by atoms with E-state index in [9.17, 15) is 4.39 Å². The quantitative estimate of drug-likeness (QED) is 0.759. The predicted molar refractivity (Wildman–Crippen MR) is 73.6 cm³/mol. The smallest absolute Gasteiger partial charge is 0.123 e. The SMILES string of the molecule is C#CC(CCC)NC(CN)c1ccc(F)cc1C. The van der Waals surface area contributed by atoms with Gasteiger partial charge < -0.3 is 5.73 Å². The Hall–Kier alpha value is -1.37. The maximum absolute atomic E-state index is 13.1. The van der Waals surface area contributed by atoms with E-state index in [1.807, 2.05) is 6.92 Å². The van der Waals surface area contributed by atoms with Crippen molar-refractivity contribution in [2.75, 3.05) is 6.54 Å². The zero-order valence-corrected chi connectivity index (χ0v) is 11.0. The highest BCUT2D eigenvalue weighted by atomic mass is 19.1. The van der Waals surface area contributed by atoms with Gasteiger partial charge in [-0.1, -0.05) is 25.3 Å². The fourth-order valence-electron chi connectivity index (χ4n) is 2.06. The highest BCUT2D eigenvalue weighted by molar-refractivity contribution is 5.30. The number of hydrogen-bond acceptors (Lipinski definition) is 2. The summed E-state index contributed by atoms with van der Waals surface area (Å²) in [6.45, 7) is 4.41. The van der Waals surface area contributed by atoms with Gasteiger partial charge in [0.25, 0.3) is 0 Å². The normalized spacial score (nSPS) is 13.9. The Morgan fingerprint density at radius 1 is 1.50 bits per heavy atom. The number of hydrogen-bond donors (Lipinski definition) is 2. The Morgan fingerprint density at radius 3 is 2.72 bits per heavy atom. The van der Waals surface area contributed by atoms with E-state index in [0.29, 0.717) is 6.54 Å². The van der Waals surface area contributed by atoms with Gasteiger partial charge in [0.15, 0.2) is 0 Å². The topological polar surface area (TPSA) is 38.0 Å². The largest absolute Gasteiger partial charge is 0.329 e. The van der Waals surface area contributed by atoms with Crippen molar-refractivity contribution in [1.29, 1.82) is 0 Å². The van der Waals surface area contributed by atoms with Gasteiger partial charge in [-0.15, -0.1) is 6.42 Å². The highest BCUT2D eigenvalue weighted by Crippen LogP contribution is 2.19. The van der Waals surface area contributed by atoms with Crippen molar-refractivity contribution in [2.45, 2.75) is 38.8 Å². The minimum absolute atomic E-state index is 0.00741. The van der Waals surface area contributed by atoms with Gasteiger partial charge in [-0.3, -0.25) is 5.32 Å². The Bertz CT molecular complexity index is 423. The second kappa shape index (κ2) is 7.15. The molecule has 0 fully saturated rings. The van der Waals surface area contributed by atoms with Gasteiger partial charge in [0, 0.05) is 12.6 Å². The molecule has 0 heterocycles. The van der Waals surface area contributed by atoms with Crippen LogP contribution in [-0.2, 0) is 0 Å². The van der Waals surface area contributed by atoms with Crippen molar-refractivity contribution < 1.29 is 4.39 Å². The summed E-state index contributed by atoms with van der Waals surface area (Å²) in [4.78, 5) is 0. The number of nitrogens with one attached hydrogen (secondary N) is 1. The molecule has 3 N–H and O–H groups in total. The summed E-state index contributed by atoms with van der Waals surface area (Å²) in [5.74, 6) is 2.50. The first-order valence-corrected chi connectivity index (χ1v) is 6.30. The van der Waals surface area contributed by atoms with Crippen molar-refractivity contribution in [3.8, 4) is 12.3 Å². The monoisotopic (exact) mass is 248 g/mol. The molecule has 0 saturated carbocycles. The Labute approximate surface area is 109 Å². The van der Waals surface area contributed by atoms with Crippen LogP contribution in [0, 0.1) is 25.1 Å². The van der Waals surface area contributed by atoms with Crippen molar-refractivity contribution in [2.24, 2.45) is 5.73 Å². The third-order valence-electron chi connectivity index (χ3n) is 3.02. The van der Waals surface area contributed by atoms with Crippen LogP contribution in [0.4, 0.5) is 4.39 Å². The summed E-state index contributed by atoms with van der Waals surface area (Å²) in [5.41, 5.74) is 7.69. The fourth-order valence-corrected chi connectivity index (χ4v) is 2.06. The summed E-state index contributed by atoms with van der Waals surface area (Å²) in [7, 11) is 0. The van der Waals surface area contributed by atoms with E-state index in [0.717, 1.165) is 24.0 Å². The van der Waals surface area contributed by atoms with E-state index in [2.05, 4.69) is 18.2 Å². The van der Waals surface area contributed by atoms with Gasteiger partial charge >= 0.3 is 0 Å². The van der Waals surface area contributed by atoms with Crippen LogP contribution in [0.15, 0.2) is 18.2 Å². The third kappa shape index (κ3) is 3.83. The van der Waals surface area contributed by atoms with Crippen molar-refractivity contribution >= 4 is 0 Å². The Balaban J connectivity index is 2.86. The van der Waals surface area contributed by atoms with Gasteiger partial charge in [-0.25, -0.2) is 4.39 Å². The first-order valence-electron chi connectivity index (χ1n) is 6.30. The Kier molecular flexibility index (Phi) is 5.84. The summed E-state index contributed by atoms with van der Waals surface area (Å²) in [6, 6.07) is 4.72. The van der Waals surface area contributed by atoms with Crippen molar-refractivity contribution in [1.82, 2.24) is 5.32 Å². The molecule has 18 heavy (non-hydrogen) atoms. The lowest BCUT2D eigenvalue weighted by atomic mass is 9.99. The molecule has 1 aromatic rings. The standard InChI is InChI=1S/C15H21FN2/c1-4-6-13(5-2)18-15(10-17)14-8-7-12(16)9-11(14)3/h2,7-9,13,15,18H,4,6,10,17H2,1,3H3. The van der Waals surface area contributed by atoms with Gasteiger partial charge in [-0.05, 0) is 36.6 Å². The average molecular weight is 248 g/mol. The predicted octanol–water partition coefficient (Wildman–Crippen LogP) is 2.53. The van der Waals surface area contributed by atoms with E-state index in [4.69, 9.17) is 12.2 Å². The second-order valence-corrected chi connectivity index (χ2v) is 4.46. The van der Waals surface area contributed by atoms with E-state index in [1.54, 1.807) is 6.07 Å². The van der Waals surface area contributed by atoms with Crippen LogP contribution < -0.4 is 11.1 Å². The highest BCUT2D eigenvalue weighted by Gasteiger charge is 2.15. The first-order chi connectivity index (χ1) is 8.62. The molecule has 2 unspecified atom stereocenters. The van der Waals surface area contributed by atoms with E-state index in [-0.39, 0.29) is 17.9 Å². The zero-order chi connectivity index (χ0) is 13.5. The maximum atomic E-state index is 13.1. The van der Waals surface area contributed by atoms with Crippen LogP contribution in [0.2, 0.25) is 0 Å². The van der Waals surface area contributed by atoms with Gasteiger partial charge in [0.05, 0.1) is 6.04 Å². The maximum Gasteiger partial charge on any atom is 0.123 e. The lowest BCUT2D eigenvalue weighted by Gasteiger charge is -2.23. The fraction of sp³-hybridized carbons (Fsp3) is 0.467. The zero-order valence-electron chi connectivity index (χ0n) is 11.0. The molecule has 0 aliphatic heterocycles. The molecule has 2 nitrogen and oxygen atoms in total. The molecule has 0 spiro atoms. The Morgan fingerprint density at radius 2 is 2.22 bits per heavy atom. The molecule has 0 amide bonds. The summed E-state index contributed by atoms with van der Waals surface area (Å²) in [5, 5.41) is 3.35. The molecule has 3 heteroatoms. The molecule has 2 atom stereocenters. The number of halogens is 1. The minimum atomic E-state index is -0.228. The van der Waals surface area contributed by atoms with E-state index in [1.165, 1.54) is 12.1 Å². The molecule has 0 radical (unpaired) electrons. The lowest BCUT2D eigenvalue weighted by Crippen LogP contribution is -2.36. The first kappa shape index (κ1) is 14.7. The molecular weight excluding hydrogens is 227 g/mol. The molecule has 98 valence electrons. The second-order valence-electron chi connectivity index (χ2n) is 4.46. The average Bonchev–Trinajstić information content (AvgIpc) is 2.35. The molecule has 1 rings (SSSR count). The van der Waals surface area contributed by atoms with Crippen LogP contribution in [0.5, 0.6) is 0 Å². The van der Waals surface area contributed by atoms with Crippen LogP contribution in [-0.4, -0.2) is 12.6 Å². The molecule has 0 aliphatic rings. The molecular formula is C15H21FN2. The van der Waals surface area contributed by atoms with Crippen LogP contribution in [0.1, 0.15) is 36.9 Å². The molecule has 1 aromatic carbocycles. The van der Waals surface area contributed by atoms with Crippen molar-refractivity contribution in [3.05, 3.63) is 35.1 Å². The van der Waals surface area contributed by atoms with Crippen LogP contribution in [0.25, 0.3) is 0 Å². The molecule has 0 saturated heterocycles. The summed E-state index contributed by atoms with van der Waals surface area (Å²) >= 11 is 0. The summed E-state index contributed by atoms with van der Waals surface area (Å²) < 4.78 is 13.1. The number of rotatable bonds is 6. The van der Waals surface area contributed by atoms with Gasteiger partial charge in [-0.2, -0.15) is 0 Å². The number of nitrogens with two attached hydrogens (primary N) is 1. The number of terminal acetylenes is 1. The molecule has 0 aromatic heterocycles. The minimum Gasteiger partial charge on any atom is -0.329 e. The number of aryl methyl sites for hydroxylation is 1. The third-order valence-corrected chi connectivity index (χ3v) is 3.02. The number of benzene rings is 1. The molecule has 0 bridgehead atoms. The van der Waals surface area contributed by atoms with Gasteiger partial charge in [0.1, 0.15) is 5.82 Å².